The molecule has 0 bridgehead atoms. The minimum Gasteiger partial charge on any atom is -0.469 e. The summed E-state index contributed by atoms with van der Waals surface area (Å²) in [4.78, 5) is 14.3. The molecule has 0 aromatic heterocycles. The summed E-state index contributed by atoms with van der Waals surface area (Å²) in [5.74, 6) is 0.745. The number of nitrogens with zero attached hydrogens (tertiary/aromatic N) is 1. The zero-order valence-corrected chi connectivity index (χ0v) is 21.0. The Bertz CT molecular complexity index is 940. The number of carbonyl (C=O) groups is 1. The molecule has 0 spiro atoms. The van der Waals surface area contributed by atoms with Gasteiger partial charge in [-0.15, -0.1) is 0 Å². The third kappa shape index (κ3) is 6.29. The topological polar surface area (TPSA) is 41.6 Å². The summed E-state index contributed by atoms with van der Waals surface area (Å²) < 4.78 is 4.92. The number of methoxy groups -OCH3 is 1. The number of esters is 1. The maximum absolute atomic E-state index is 11.8. The SMILES string of the molecule is COC(=O)CC1CCCCN1Cc1ccc2cc(NC3CCC(C(C)(C)C)CC3)ccc2c1. The van der Waals surface area contributed by atoms with Gasteiger partial charge in [0.25, 0.3) is 0 Å². The first-order chi connectivity index (χ1) is 15.8. The lowest BCUT2D eigenvalue weighted by Gasteiger charge is -2.37. The fourth-order valence-corrected chi connectivity index (χ4v) is 5.83. The largest absolute Gasteiger partial charge is 0.469 e. The highest BCUT2D eigenvalue weighted by atomic mass is 16.5. The number of nitrogens with one attached hydrogen (secondary N) is 1. The number of ether oxygens (including phenoxy) is 1. The van der Waals surface area contributed by atoms with Crippen LogP contribution in [0.25, 0.3) is 10.8 Å². The van der Waals surface area contributed by atoms with Crippen molar-refractivity contribution in [2.45, 2.75) is 90.8 Å². The van der Waals surface area contributed by atoms with Crippen LogP contribution in [0.15, 0.2) is 36.4 Å². The Labute approximate surface area is 200 Å². The average molecular weight is 451 g/mol. The van der Waals surface area contributed by atoms with E-state index >= 15 is 0 Å². The third-order valence-electron chi connectivity index (χ3n) is 7.99. The van der Waals surface area contributed by atoms with Crippen LogP contribution in [0.2, 0.25) is 0 Å². The molecular formula is C29H42N2O2. The van der Waals surface area contributed by atoms with Gasteiger partial charge in [0, 0.05) is 24.3 Å². The summed E-state index contributed by atoms with van der Waals surface area (Å²) in [5, 5.41) is 6.38. The van der Waals surface area contributed by atoms with E-state index in [0.717, 1.165) is 25.4 Å². The van der Waals surface area contributed by atoms with Crippen LogP contribution in [0.5, 0.6) is 0 Å². The molecule has 2 aromatic carbocycles. The number of hydrogen-bond acceptors (Lipinski definition) is 4. The fourth-order valence-electron chi connectivity index (χ4n) is 5.83. The lowest BCUT2D eigenvalue weighted by molar-refractivity contribution is -0.142. The molecule has 1 aliphatic carbocycles. The molecule has 1 saturated carbocycles. The second-order valence-corrected chi connectivity index (χ2v) is 11.4. The molecule has 1 heterocycles. The molecule has 1 saturated heterocycles. The van der Waals surface area contributed by atoms with Gasteiger partial charge in [-0.1, -0.05) is 45.4 Å². The third-order valence-corrected chi connectivity index (χ3v) is 7.99. The van der Waals surface area contributed by atoms with Gasteiger partial charge in [0.15, 0.2) is 0 Å². The molecule has 0 amide bonds. The molecule has 2 fully saturated rings. The zero-order valence-electron chi connectivity index (χ0n) is 21.0. The Morgan fingerprint density at radius 2 is 1.73 bits per heavy atom. The maximum Gasteiger partial charge on any atom is 0.307 e. The number of piperidine rings is 1. The van der Waals surface area contributed by atoms with Gasteiger partial charge in [0.2, 0.25) is 0 Å². The number of benzene rings is 2. The van der Waals surface area contributed by atoms with Crippen LogP contribution in [0.1, 0.15) is 77.7 Å². The maximum atomic E-state index is 11.8. The van der Waals surface area contributed by atoms with Gasteiger partial charge in [-0.2, -0.15) is 0 Å². The Kier molecular flexibility index (Phi) is 7.63. The zero-order chi connectivity index (χ0) is 23.4. The van der Waals surface area contributed by atoms with Crippen molar-refractivity contribution >= 4 is 22.4 Å². The van der Waals surface area contributed by atoms with Crippen molar-refractivity contribution in [3.05, 3.63) is 42.0 Å². The molecule has 1 unspecified atom stereocenters. The molecule has 1 aliphatic heterocycles. The van der Waals surface area contributed by atoms with Gasteiger partial charge < -0.3 is 10.1 Å². The minimum atomic E-state index is -0.0997. The average Bonchev–Trinajstić information content (AvgIpc) is 2.80. The summed E-state index contributed by atoms with van der Waals surface area (Å²) in [6.45, 7) is 9.10. The summed E-state index contributed by atoms with van der Waals surface area (Å²) in [7, 11) is 1.48. The number of carbonyl (C=O) groups excluding carboxylic acids is 1. The van der Waals surface area contributed by atoms with Crippen LogP contribution in [-0.4, -0.2) is 36.6 Å². The van der Waals surface area contributed by atoms with E-state index in [1.807, 2.05) is 0 Å². The molecular weight excluding hydrogens is 408 g/mol. The number of anilines is 1. The van der Waals surface area contributed by atoms with Crippen LogP contribution in [0, 0.1) is 11.3 Å². The lowest BCUT2D eigenvalue weighted by atomic mass is 9.71. The highest BCUT2D eigenvalue weighted by Crippen LogP contribution is 2.38. The van der Waals surface area contributed by atoms with Crippen molar-refractivity contribution in [1.29, 1.82) is 0 Å². The minimum absolute atomic E-state index is 0.0997. The van der Waals surface area contributed by atoms with Gasteiger partial charge in [-0.05, 0) is 90.9 Å². The van der Waals surface area contributed by atoms with Gasteiger partial charge in [0.1, 0.15) is 0 Å². The quantitative estimate of drug-likeness (QED) is 0.493. The number of rotatable bonds is 6. The van der Waals surface area contributed by atoms with Gasteiger partial charge in [-0.3, -0.25) is 9.69 Å². The van der Waals surface area contributed by atoms with Crippen LogP contribution in [-0.2, 0) is 16.1 Å². The normalized spacial score (nSPS) is 24.5. The number of hydrogen-bond donors (Lipinski definition) is 1. The second-order valence-electron chi connectivity index (χ2n) is 11.4. The van der Waals surface area contributed by atoms with Crippen LogP contribution in [0.4, 0.5) is 5.69 Å². The Hall–Kier alpha value is -2.07. The molecule has 33 heavy (non-hydrogen) atoms. The monoisotopic (exact) mass is 450 g/mol. The predicted molar refractivity (Wildman–Crippen MR) is 137 cm³/mol. The van der Waals surface area contributed by atoms with Crippen molar-refractivity contribution in [2.75, 3.05) is 19.0 Å². The molecule has 4 nitrogen and oxygen atoms in total. The highest BCUT2D eigenvalue weighted by Gasteiger charge is 2.29. The van der Waals surface area contributed by atoms with E-state index in [1.54, 1.807) is 0 Å². The molecule has 4 heteroatoms. The van der Waals surface area contributed by atoms with Crippen molar-refractivity contribution in [3.63, 3.8) is 0 Å². The number of likely N-dealkylation sites (tertiary alicyclic amines) is 1. The second kappa shape index (κ2) is 10.5. The lowest BCUT2D eigenvalue weighted by Crippen LogP contribution is -2.40. The standard InChI is InChI=1S/C29H42N2O2/c1-29(2,3)24-11-14-25(15-12-24)30-26-13-10-22-17-21(8-9-23(22)18-26)20-31-16-6-5-7-27(31)19-28(32)33-4/h8-10,13,17-18,24-25,27,30H,5-7,11-12,14-16,19-20H2,1-4H3. The van der Waals surface area contributed by atoms with E-state index in [4.69, 9.17) is 4.74 Å². The first kappa shape index (κ1) is 24.1. The molecule has 180 valence electrons. The highest BCUT2D eigenvalue weighted by molar-refractivity contribution is 5.86. The summed E-state index contributed by atoms with van der Waals surface area (Å²) in [6, 6.07) is 14.5. The van der Waals surface area contributed by atoms with Crippen LogP contribution < -0.4 is 5.32 Å². The van der Waals surface area contributed by atoms with Gasteiger partial charge >= 0.3 is 5.97 Å². The first-order valence-electron chi connectivity index (χ1n) is 12.9. The number of fused-ring (bicyclic) bond motifs is 1. The Morgan fingerprint density at radius 1 is 1.00 bits per heavy atom. The van der Waals surface area contributed by atoms with E-state index < -0.39 is 0 Å². The Morgan fingerprint density at radius 3 is 2.45 bits per heavy atom. The smallest absolute Gasteiger partial charge is 0.307 e. The van der Waals surface area contributed by atoms with E-state index in [0.29, 0.717) is 23.9 Å². The van der Waals surface area contributed by atoms with Crippen LogP contribution >= 0.6 is 0 Å². The molecule has 4 rings (SSSR count). The molecule has 1 atom stereocenters. The predicted octanol–water partition coefficient (Wildman–Crippen LogP) is 6.77. The molecule has 2 aromatic rings. The van der Waals surface area contributed by atoms with Crippen molar-refractivity contribution in [3.8, 4) is 0 Å². The van der Waals surface area contributed by atoms with Gasteiger partial charge in [0.05, 0.1) is 13.5 Å². The van der Waals surface area contributed by atoms with Crippen molar-refractivity contribution in [1.82, 2.24) is 4.90 Å². The van der Waals surface area contributed by atoms with E-state index in [1.165, 1.54) is 67.7 Å². The summed E-state index contributed by atoms with van der Waals surface area (Å²) in [5.41, 5.74) is 2.99. The summed E-state index contributed by atoms with van der Waals surface area (Å²) in [6.07, 6.45) is 9.16. The van der Waals surface area contributed by atoms with E-state index in [9.17, 15) is 4.79 Å². The van der Waals surface area contributed by atoms with Crippen molar-refractivity contribution < 1.29 is 9.53 Å². The van der Waals surface area contributed by atoms with E-state index in [-0.39, 0.29) is 5.97 Å². The Balaban J connectivity index is 1.38. The first-order valence-corrected chi connectivity index (χ1v) is 12.9. The molecule has 1 N–H and O–H groups in total. The van der Waals surface area contributed by atoms with Crippen LogP contribution in [0.3, 0.4) is 0 Å². The van der Waals surface area contributed by atoms with Crippen molar-refractivity contribution in [2.24, 2.45) is 11.3 Å². The molecule has 0 radical (unpaired) electrons. The molecule has 2 aliphatic rings. The van der Waals surface area contributed by atoms with Gasteiger partial charge in [-0.25, -0.2) is 0 Å². The van der Waals surface area contributed by atoms with E-state index in [2.05, 4.69) is 67.4 Å². The summed E-state index contributed by atoms with van der Waals surface area (Å²) >= 11 is 0. The fraction of sp³-hybridized carbons (Fsp3) is 0.621.